The Morgan fingerprint density at radius 2 is 1.77 bits per heavy atom. The van der Waals surface area contributed by atoms with Gasteiger partial charge >= 0.3 is 6.18 Å². The Morgan fingerprint density at radius 1 is 1.04 bits per heavy atom. The highest BCUT2D eigenvalue weighted by molar-refractivity contribution is 7.99. The van der Waals surface area contributed by atoms with Crippen molar-refractivity contribution in [2.45, 2.75) is 29.9 Å². The number of nitrogens with zero attached hydrogens (tertiary/aromatic N) is 4. The Bertz CT molecular complexity index is 938. The maximum absolute atomic E-state index is 13.0. The maximum Gasteiger partial charge on any atom is 0.417 e. The Balaban J connectivity index is 2.14. The average molecular weight is 398 g/mol. The smallest absolute Gasteiger partial charge is 0.325 e. The molecule has 138 valence electrons. The molecule has 0 aliphatic rings. The van der Waals surface area contributed by atoms with E-state index in [0.29, 0.717) is 22.2 Å². The molecule has 0 aliphatic heterocycles. The number of hydrogen-bond donors (Lipinski definition) is 0. The number of aryl methyl sites for hydroxylation is 1. The minimum absolute atomic E-state index is 0.452. The van der Waals surface area contributed by atoms with Crippen LogP contribution in [0.3, 0.4) is 0 Å². The van der Waals surface area contributed by atoms with Crippen molar-refractivity contribution in [1.29, 1.82) is 0 Å². The third kappa shape index (κ3) is 3.68. The quantitative estimate of drug-likeness (QED) is 0.548. The van der Waals surface area contributed by atoms with Crippen LogP contribution < -0.4 is 0 Å². The van der Waals surface area contributed by atoms with Gasteiger partial charge in [-0.25, -0.2) is 9.97 Å². The molecule has 0 radical (unpaired) electrons. The molecule has 0 aromatic carbocycles. The number of fused-ring (bicyclic) bond motifs is 1. The molecule has 9 heteroatoms. The molecule has 0 atom stereocenters. The molecule has 0 amide bonds. The number of imidazole rings is 1. The summed E-state index contributed by atoms with van der Waals surface area (Å²) >= 11 is 2.93. The van der Waals surface area contributed by atoms with Crippen LogP contribution in [0, 0.1) is 0 Å². The van der Waals surface area contributed by atoms with Crippen LogP contribution in [0.2, 0.25) is 0 Å². The molecule has 4 nitrogen and oxygen atoms in total. The van der Waals surface area contributed by atoms with E-state index in [-0.39, 0.29) is 0 Å². The van der Waals surface area contributed by atoms with Gasteiger partial charge in [0.1, 0.15) is 5.69 Å². The lowest BCUT2D eigenvalue weighted by Crippen LogP contribution is -2.07. The molecular formula is C17H17F3N4S2. The third-order valence-electron chi connectivity index (χ3n) is 3.73. The van der Waals surface area contributed by atoms with E-state index in [2.05, 4.69) is 15.0 Å². The highest BCUT2D eigenvalue weighted by Crippen LogP contribution is 2.36. The van der Waals surface area contributed by atoms with Crippen LogP contribution in [-0.4, -0.2) is 31.0 Å². The normalized spacial score (nSPS) is 12.1. The summed E-state index contributed by atoms with van der Waals surface area (Å²) in [5, 5.41) is 0.869. The first-order valence-corrected chi connectivity index (χ1v) is 9.98. The lowest BCUT2D eigenvalue weighted by atomic mass is 10.2. The van der Waals surface area contributed by atoms with Gasteiger partial charge in [-0.2, -0.15) is 13.2 Å². The summed E-state index contributed by atoms with van der Waals surface area (Å²) < 4.78 is 40.9. The largest absolute Gasteiger partial charge is 0.417 e. The van der Waals surface area contributed by atoms with Crippen molar-refractivity contribution in [2.24, 2.45) is 7.05 Å². The van der Waals surface area contributed by atoms with Gasteiger partial charge < -0.3 is 4.57 Å². The van der Waals surface area contributed by atoms with Gasteiger partial charge in [-0.3, -0.25) is 4.98 Å². The first-order chi connectivity index (χ1) is 12.3. The SMILES string of the molecule is CCSc1cc2nc(-c3ncc(C(F)(F)F)cc3SCC)n(C)c2cn1. The average Bonchev–Trinajstić information content (AvgIpc) is 2.91. The zero-order valence-corrected chi connectivity index (χ0v) is 16.1. The van der Waals surface area contributed by atoms with Gasteiger partial charge in [0.05, 0.1) is 27.8 Å². The molecule has 3 heterocycles. The third-order valence-corrected chi connectivity index (χ3v) is 5.44. The lowest BCUT2D eigenvalue weighted by Gasteiger charge is -2.12. The predicted octanol–water partition coefficient (Wildman–Crippen LogP) is 5.27. The van der Waals surface area contributed by atoms with Crippen LogP contribution in [0.4, 0.5) is 13.2 Å². The standard InChI is InChI=1S/C17H17F3N4S2/c1-4-25-13-6-10(17(18,19)20)8-22-15(13)16-23-11-7-14(26-5-2)21-9-12(11)24(16)3/h6-9H,4-5H2,1-3H3. The predicted molar refractivity (Wildman–Crippen MR) is 99.5 cm³/mol. The van der Waals surface area contributed by atoms with Crippen LogP contribution in [0.15, 0.2) is 34.4 Å². The first kappa shape index (κ1) is 19.0. The van der Waals surface area contributed by atoms with Gasteiger partial charge in [0.25, 0.3) is 0 Å². The Morgan fingerprint density at radius 3 is 2.42 bits per heavy atom. The minimum Gasteiger partial charge on any atom is -0.325 e. The van der Waals surface area contributed by atoms with Gasteiger partial charge in [-0.15, -0.1) is 23.5 Å². The molecule has 26 heavy (non-hydrogen) atoms. The summed E-state index contributed by atoms with van der Waals surface area (Å²) in [4.78, 5) is 13.6. The fourth-order valence-electron chi connectivity index (χ4n) is 2.54. The minimum atomic E-state index is -4.42. The van der Waals surface area contributed by atoms with E-state index < -0.39 is 11.7 Å². The summed E-state index contributed by atoms with van der Waals surface area (Å²) in [7, 11) is 1.82. The van der Waals surface area contributed by atoms with E-state index >= 15 is 0 Å². The molecule has 3 aromatic rings. The Kier molecular flexibility index (Phi) is 5.47. The van der Waals surface area contributed by atoms with Gasteiger partial charge in [-0.1, -0.05) is 13.8 Å². The summed E-state index contributed by atoms with van der Waals surface area (Å²) in [5.74, 6) is 2.07. The Labute approximate surface area is 157 Å². The maximum atomic E-state index is 13.0. The van der Waals surface area contributed by atoms with E-state index in [9.17, 15) is 13.2 Å². The van der Waals surface area contributed by atoms with Crippen LogP contribution in [0.25, 0.3) is 22.6 Å². The van der Waals surface area contributed by atoms with E-state index in [1.165, 1.54) is 11.8 Å². The molecule has 0 saturated carbocycles. The van der Waals surface area contributed by atoms with Crippen LogP contribution in [0.1, 0.15) is 19.4 Å². The van der Waals surface area contributed by atoms with Crippen molar-refractivity contribution >= 4 is 34.6 Å². The van der Waals surface area contributed by atoms with Crippen molar-refractivity contribution in [2.75, 3.05) is 11.5 Å². The molecule has 0 saturated heterocycles. The van der Waals surface area contributed by atoms with E-state index in [1.54, 1.807) is 18.0 Å². The topological polar surface area (TPSA) is 43.6 Å². The summed E-state index contributed by atoms with van der Waals surface area (Å²) in [6.45, 7) is 3.93. The number of thioether (sulfide) groups is 2. The highest BCUT2D eigenvalue weighted by Gasteiger charge is 2.32. The second-order valence-electron chi connectivity index (χ2n) is 5.44. The number of alkyl halides is 3. The highest BCUT2D eigenvalue weighted by atomic mass is 32.2. The first-order valence-electron chi connectivity index (χ1n) is 8.00. The molecule has 0 fully saturated rings. The molecule has 0 aliphatic carbocycles. The number of pyridine rings is 2. The Hall–Kier alpha value is -1.74. The van der Waals surface area contributed by atoms with Crippen LogP contribution >= 0.6 is 23.5 Å². The second-order valence-corrected chi connectivity index (χ2v) is 8.03. The molecule has 0 spiro atoms. The van der Waals surface area contributed by atoms with Crippen molar-refractivity contribution in [3.63, 3.8) is 0 Å². The van der Waals surface area contributed by atoms with Crippen LogP contribution in [0.5, 0.6) is 0 Å². The van der Waals surface area contributed by atoms with E-state index in [1.807, 2.05) is 31.5 Å². The lowest BCUT2D eigenvalue weighted by molar-refractivity contribution is -0.138. The monoisotopic (exact) mass is 398 g/mol. The fraction of sp³-hybridized carbons (Fsp3) is 0.353. The molecule has 0 bridgehead atoms. The number of rotatable bonds is 5. The van der Waals surface area contributed by atoms with Gasteiger partial charge in [0.15, 0.2) is 5.82 Å². The van der Waals surface area contributed by atoms with Crippen molar-refractivity contribution < 1.29 is 13.2 Å². The zero-order valence-electron chi connectivity index (χ0n) is 14.5. The second kappa shape index (κ2) is 7.48. The van der Waals surface area contributed by atoms with Gasteiger partial charge in [-0.05, 0) is 23.6 Å². The summed E-state index contributed by atoms with van der Waals surface area (Å²) in [6.07, 6.45) is -1.82. The number of aromatic nitrogens is 4. The number of hydrogen-bond acceptors (Lipinski definition) is 5. The van der Waals surface area contributed by atoms with Gasteiger partial charge in [0.2, 0.25) is 0 Å². The zero-order chi connectivity index (χ0) is 18.9. The molecule has 0 N–H and O–H groups in total. The van der Waals surface area contributed by atoms with Crippen molar-refractivity contribution in [3.8, 4) is 11.5 Å². The van der Waals surface area contributed by atoms with Crippen molar-refractivity contribution in [1.82, 2.24) is 19.5 Å². The van der Waals surface area contributed by atoms with E-state index in [0.717, 1.165) is 34.1 Å². The summed E-state index contributed by atoms with van der Waals surface area (Å²) in [6, 6.07) is 3.04. The molecule has 3 rings (SSSR count). The van der Waals surface area contributed by atoms with Crippen molar-refractivity contribution in [3.05, 3.63) is 30.1 Å². The molecule has 0 unspecified atom stereocenters. The summed E-state index contributed by atoms with van der Waals surface area (Å²) in [5.41, 5.74) is 1.27. The molecular weight excluding hydrogens is 381 g/mol. The fourth-order valence-corrected chi connectivity index (χ4v) is 3.96. The molecule has 3 aromatic heterocycles. The van der Waals surface area contributed by atoms with E-state index in [4.69, 9.17) is 0 Å². The number of halogens is 3. The van der Waals surface area contributed by atoms with Gasteiger partial charge in [0, 0.05) is 18.1 Å². The van der Waals surface area contributed by atoms with Crippen LogP contribution in [-0.2, 0) is 13.2 Å².